The number of nitrogens with zero attached hydrogens (tertiary/aromatic N) is 1. The molecule has 0 N–H and O–H groups in total. The van der Waals surface area contributed by atoms with E-state index in [0.29, 0.717) is 12.2 Å². The standard InChI is InChI=1S/C10H13NO6S/c1-16-10-7-8(11(12)13)3-4-9(10)17-5-2-6-18(14)15/h3-4,7H,2,5-6H2,1H3,(H,14,15)/p-1. The molecule has 18 heavy (non-hydrogen) atoms. The predicted molar refractivity (Wildman–Crippen MR) is 63.5 cm³/mol. The highest BCUT2D eigenvalue weighted by atomic mass is 32.2. The molecule has 7 nitrogen and oxygen atoms in total. The number of hydrogen-bond acceptors (Lipinski definition) is 6. The minimum absolute atomic E-state index is 0.00922. The van der Waals surface area contributed by atoms with Crippen molar-refractivity contribution in [2.45, 2.75) is 6.42 Å². The summed E-state index contributed by atoms with van der Waals surface area (Å²) in [4.78, 5) is 10.0. The second-order valence-electron chi connectivity index (χ2n) is 3.30. The summed E-state index contributed by atoms with van der Waals surface area (Å²) >= 11 is -2.09. The van der Waals surface area contributed by atoms with Crippen LogP contribution in [0.1, 0.15) is 6.42 Å². The summed E-state index contributed by atoms with van der Waals surface area (Å²) in [5.74, 6) is 0.599. The van der Waals surface area contributed by atoms with Gasteiger partial charge in [-0.2, -0.15) is 0 Å². The van der Waals surface area contributed by atoms with Crippen molar-refractivity contribution in [3.63, 3.8) is 0 Å². The molecule has 1 aromatic carbocycles. The maximum atomic E-state index is 10.6. The first-order valence-electron chi connectivity index (χ1n) is 5.05. The second kappa shape index (κ2) is 6.92. The van der Waals surface area contributed by atoms with Crippen molar-refractivity contribution in [1.29, 1.82) is 0 Å². The van der Waals surface area contributed by atoms with E-state index in [9.17, 15) is 18.9 Å². The average molecular weight is 274 g/mol. The van der Waals surface area contributed by atoms with Crippen molar-refractivity contribution >= 4 is 16.8 Å². The summed E-state index contributed by atoms with van der Waals surface area (Å²) in [5, 5.41) is 10.6. The summed E-state index contributed by atoms with van der Waals surface area (Å²) < 4.78 is 30.9. The van der Waals surface area contributed by atoms with Gasteiger partial charge in [-0.3, -0.25) is 14.3 Å². The zero-order chi connectivity index (χ0) is 13.5. The van der Waals surface area contributed by atoms with Crippen molar-refractivity contribution in [3.8, 4) is 11.5 Å². The summed E-state index contributed by atoms with van der Waals surface area (Å²) in [6.07, 6.45) is 0.344. The zero-order valence-corrected chi connectivity index (χ0v) is 10.5. The van der Waals surface area contributed by atoms with Gasteiger partial charge in [0.15, 0.2) is 11.5 Å². The van der Waals surface area contributed by atoms with E-state index in [2.05, 4.69) is 0 Å². The Morgan fingerprint density at radius 3 is 2.67 bits per heavy atom. The van der Waals surface area contributed by atoms with Crippen LogP contribution >= 0.6 is 0 Å². The first kappa shape index (κ1) is 14.4. The Labute approximate surface area is 106 Å². The topological polar surface area (TPSA) is 102 Å². The predicted octanol–water partition coefficient (Wildman–Crippen LogP) is 1.25. The lowest BCUT2D eigenvalue weighted by atomic mass is 10.3. The second-order valence-corrected chi connectivity index (χ2v) is 4.32. The summed E-state index contributed by atoms with van der Waals surface area (Å²) in [5.41, 5.74) is -0.0974. The molecule has 0 radical (unpaired) electrons. The maximum absolute atomic E-state index is 10.6. The highest BCUT2D eigenvalue weighted by molar-refractivity contribution is 7.79. The van der Waals surface area contributed by atoms with Crippen LogP contribution in [0.2, 0.25) is 0 Å². The van der Waals surface area contributed by atoms with Gasteiger partial charge in [-0.05, 0) is 12.5 Å². The van der Waals surface area contributed by atoms with Crippen LogP contribution in [-0.2, 0) is 11.1 Å². The molecule has 0 bridgehead atoms. The Hall–Kier alpha value is -1.67. The van der Waals surface area contributed by atoms with Crippen LogP contribution in [0.15, 0.2) is 18.2 Å². The van der Waals surface area contributed by atoms with Gasteiger partial charge >= 0.3 is 0 Å². The number of rotatable bonds is 7. The van der Waals surface area contributed by atoms with Gasteiger partial charge < -0.3 is 14.0 Å². The van der Waals surface area contributed by atoms with E-state index in [-0.39, 0.29) is 23.8 Å². The Morgan fingerprint density at radius 1 is 1.39 bits per heavy atom. The van der Waals surface area contributed by atoms with E-state index < -0.39 is 16.0 Å². The molecule has 8 heteroatoms. The van der Waals surface area contributed by atoms with Crippen molar-refractivity contribution < 1.29 is 23.2 Å². The quantitative estimate of drug-likeness (QED) is 0.321. The average Bonchev–Trinajstić information content (AvgIpc) is 2.34. The summed E-state index contributed by atoms with van der Waals surface area (Å²) in [7, 11) is 1.37. The summed E-state index contributed by atoms with van der Waals surface area (Å²) in [6, 6.07) is 3.97. The number of nitro benzene ring substituents is 1. The zero-order valence-electron chi connectivity index (χ0n) is 9.66. The lowest BCUT2D eigenvalue weighted by molar-refractivity contribution is -0.384. The number of benzene rings is 1. The van der Waals surface area contributed by atoms with Gasteiger partial charge in [0.25, 0.3) is 5.69 Å². The van der Waals surface area contributed by atoms with Crippen molar-refractivity contribution in [2.24, 2.45) is 0 Å². The first-order chi connectivity index (χ1) is 8.54. The maximum Gasteiger partial charge on any atom is 0.273 e. The molecule has 0 saturated carbocycles. The van der Waals surface area contributed by atoms with Crippen LogP contribution in [0.25, 0.3) is 0 Å². The monoisotopic (exact) mass is 274 g/mol. The molecule has 1 aromatic rings. The van der Waals surface area contributed by atoms with Gasteiger partial charge in [-0.1, -0.05) is 11.1 Å². The Bertz CT molecular complexity index is 450. The SMILES string of the molecule is COc1cc([N+](=O)[O-])ccc1OCCCS(=O)[O-]. The molecule has 100 valence electrons. The van der Waals surface area contributed by atoms with Crippen LogP contribution < -0.4 is 9.47 Å². The van der Waals surface area contributed by atoms with E-state index in [4.69, 9.17) is 9.47 Å². The number of nitro groups is 1. The van der Waals surface area contributed by atoms with E-state index in [1.54, 1.807) is 0 Å². The van der Waals surface area contributed by atoms with E-state index in [0.717, 1.165) is 0 Å². The van der Waals surface area contributed by atoms with E-state index in [1.165, 1.54) is 25.3 Å². The normalized spacial score (nSPS) is 11.9. The smallest absolute Gasteiger partial charge is 0.273 e. The van der Waals surface area contributed by atoms with Crippen LogP contribution in [0.5, 0.6) is 11.5 Å². The minimum Gasteiger partial charge on any atom is -0.772 e. The fourth-order valence-electron chi connectivity index (χ4n) is 1.25. The molecule has 0 heterocycles. The Kier molecular flexibility index (Phi) is 5.53. The molecular formula is C10H12NO6S-. The van der Waals surface area contributed by atoms with E-state index in [1.807, 2.05) is 0 Å². The molecule has 0 fully saturated rings. The van der Waals surface area contributed by atoms with Gasteiger partial charge in [0.05, 0.1) is 24.7 Å². The largest absolute Gasteiger partial charge is 0.772 e. The van der Waals surface area contributed by atoms with Crippen LogP contribution in [0.4, 0.5) is 5.69 Å². The molecule has 0 aliphatic heterocycles. The number of hydrogen-bond donors (Lipinski definition) is 0. The minimum atomic E-state index is -2.09. The van der Waals surface area contributed by atoms with Gasteiger partial charge in [0.2, 0.25) is 0 Å². The molecule has 0 amide bonds. The molecule has 0 aliphatic rings. The highest BCUT2D eigenvalue weighted by Crippen LogP contribution is 2.31. The highest BCUT2D eigenvalue weighted by Gasteiger charge is 2.11. The molecule has 0 spiro atoms. The third kappa shape index (κ3) is 4.30. The number of ether oxygens (including phenoxy) is 2. The van der Waals surface area contributed by atoms with Crippen LogP contribution in [0, 0.1) is 10.1 Å². The third-order valence-electron chi connectivity index (χ3n) is 2.07. The molecule has 1 unspecified atom stereocenters. The third-order valence-corrected chi connectivity index (χ3v) is 2.69. The molecular weight excluding hydrogens is 262 g/mol. The first-order valence-corrected chi connectivity index (χ1v) is 6.30. The summed E-state index contributed by atoms with van der Waals surface area (Å²) in [6.45, 7) is 0.197. The molecule has 1 atom stereocenters. The number of methoxy groups -OCH3 is 1. The molecule has 0 saturated heterocycles. The molecule has 0 aromatic heterocycles. The van der Waals surface area contributed by atoms with Gasteiger partial charge in [-0.15, -0.1) is 0 Å². The molecule has 1 rings (SSSR count). The van der Waals surface area contributed by atoms with Gasteiger partial charge in [0.1, 0.15) is 0 Å². The number of non-ortho nitro benzene ring substituents is 1. The van der Waals surface area contributed by atoms with E-state index >= 15 is 0 Å². The Morgan fingerprint density at radius 2 is 2.11 bits per heavy atom. The lowest BCUT2D eigenvalue weighted by Gasteiger charge is -2.10. The van der Waals surface area contributed by atoms with Gasteiger partial charge in [-0.25, -0.2) is 0 Å². The van der Waals surface area contributed by atoms with Gasteiger partial charge in [0, 0.05) is 11.8 Å². The molecule has 0 aliphatic carbocycles. The van der Waals surface area contributed by atoms with Crippen molar-refractivity contribution in [3.05, 3.63) is 28.3 Å². The fraction of sp³-hybridized carbons (Fsp3) is 0.400. The van der Waals surface area contributed by atoms with Crippen LogP contribution in [-0.4, -0.2) is 33.2 Å². The fourth-order valence-corrected chi connectivity index (χ4v) is 1.60. The lowest BCUT2D eigenvalue weighted by Crippen LogP contribution is -2.04. The van der Waals surface area contributed by atoms with Crippen LogP contribution in [0.3, 0.4) is 0 Å². The Balaban J connectivity index is 2.65. The van der Waals surface area contributed by atoms with Crippen molar-refractivity contribution in [2.75, 3.05) is 19.5 Å². The van der Waals surface area contributed by atoms with Crippen molar-refractivity contribution in [1.82, 2.24) is 0 Å².